The van der Waals surface area contributed by atoms with E-state index >= 15 is 0 Å². The minimum atomic E-state index is -0.475. The van der Waals surface area contributed by atoms with Crippen molar-refractivity contribution in [2.75, 3.05) is 6.61 Å². The Kier molecular flexibility index (Phi) is 5.82. The second-order valence-electron chi connectivity index (χ2n) is 3.37. The van der Waals surface area contributed by atoms with E-state index in [1.54, 1.807) is 25.1 Å². The van der Waals surface area contributed by atoms with Gasteiger partial charge in [-0.25, -0.2) is 0 Å². The zero-order valence-electron chi connectivity index (χ0n) is 9.74. The number of hydrogen-bond donors (Lipinski definition) is 2. The molecule has 0 aliphatic heterocycles. The van der Waals surface area contributed by atoms with E-state index in [-0.39, 0.29) is 13.2 Å². The molecule has 18 heavy (non-hydrogen) atoms. The van der Waals surface area contributed by atoms with Crippen LogP contribution in [0.2, 0.25) is 10.0 Å². The van der Waals surface area contributed by atoms with Crippen LogP contribution in [-0.2, 0) is 16.1 Å². The Morgan fingerprint density at radius 2 is 2.22 bits per heavy atom. The zero-order valence-corrected chi connectivity index (χ0v) is 11.3. The molecule has 0 spiro atoms. The summed E-state index contributed by atoms with van der Waals surface area (Å²) < 4.78 is 4.72. The molecule has 0 bridgehead atoms. The molecule has 0 radical (unpaired) electrons. The lowest BCUT2D eigenvalue weighted by molar-refractivity contribution is -0.117. The number of aliphatic hydroxyl groups excluding tert-OH is 1. The number of amides is 1. The second kappa shape index (κ2) is 7.13. The number of rotatable bonds is 5. The third-order valence-corrected chi connectivity index (χ3v) is 2.61. The minimum Gasteiger partial charge on any atom is -0.481 e. The number of nitrogens with one attached hydrogen (secondary N) is 1. The van der Waals surface area contributed by atoms with Crippen molar-refractivity contribution in [1.82, 2.24) is 5.32 Å². The number of aliphatic hydroxyl groups is 1. The molecule has 0 saturated carbocycles. The summed E-state index contributed by atoms with van der Waals surface area (Å²) in [6.07, 6.45) is 0.960. The summed E-state index contributed by atoms with van der Waals surface area (Å²) in [5.74, 6) is -0.899. The van der Waals surface area contributed by atoms with Crippen molar-refractivity contribution in [3.63, 3.8) is 0 Å². The van der Waals surface area contributed by atoms with Crippen LogP contribution in [0.3, 0.4) is 0 Å². The third kappa shape index (κ3) is 4.85. The Morgan fingerprint density at radius 1 is 1.50 bits per heavy atom. The van der Waals surface area contributed by atoms with Gasteiger partial charge in [-0.3, -0.25) is 4.79 Å². The summed E-state index contributed by atoms with van der Waals surface area (Å²) in [5, 5.41) is 12.8. The van der Waals surface area contributed by atoms with Gasteiger partial charge in [0.2, 0.25) is 0 Å². The molecule has 98 valence electrons. The first kappa shape index (κ1) is 14.7. The van der Waals surface area contributed by atoms with E-state index in [2.05, 4.69) is 5.32 Å². The van der Waals surface area contributed by atoms with Crippen LogP contribution >= 0.6 is 23.2 Å². The Bertz CT molecular complexity index is 461. The van der Waals surface area contributed by atoms with Gasteiger partial charge in [0, 0.05) is 16.6 Å². The van der Waals surface area contributed by atoms with Crippen LogP contribution in [0, 0.1) is 0 Å². The number of benzene rings is 1. The maximum Gasteiger partial charge on any atom is 0.282 e. The lowest BCUT2D eigenvalue weighted by Crippen LogP contribution is -2.21. The summed E-state index contributed by atoms with van der Waals surface area (Å²) in [7, 11) is 0. The minimum absolute atomic E-state index is 0.216. The Morgan fingerprint density at radius 3 is 2.89 bits per heavy atom. The number of halogens is 2. The Hall–Kier alpha value is -1.39. The molecule has 6 heteroatoms. The van der Waals surface area contributed by atoms with Gasteiger partial charge >= 0.3 is 0 Å². The number of ether oxygens (including phenoxy) is 1. The first-order valence-corrected chi connectivity index (χ1v) is 6.03. The van der Waals surface area contributed by atoms with Crippen LogP contribution < -0.4 is 5.32 Å². The molecular formula is C12H13Cl2NO3. The first-order chi connectivity index (χ1) is 8.52. The molecule has 0 saturated heterocycles. The fraction of sp³-hybridized carbons (Fsp3) is 0.250. The Balaban J connectivity index is 2.57. The highest BCUT2D eigenvalue weighted by Crippen LogP contribution is 2.20. The van der Waals surface area contributed by atoms with E-state index in [0.717, 1.165) is 6.08 Å². The maximum atomic E-state index is 11.4. The van der Waals surface area contributed by atoms with E-state index < -0.39 is 11.9 Å². The molecule has 2 N–H and O–H groups in total. The predicted octanol–water partition coefficient (Wildman–Crippen LogP) is 3.05. The number of carbonyl (C=O) groups excluding carboxylic acids is 1. The van der Waals surface area contributed by atoms with Crippen molar-refractivity contribution >= 4 is 29.1 Å². The smallest absolute Gasteiger partial charge is 0.282 e. The molecule has 1 rings (SSSR count). The van der Waals surface area contributed by atoms with Gasteiger partial charge in [0.25, 0.3) is 11.9 Å². The topological polar surface area (TPSA) is 58.6 Å². The monoisotopic (exact) mass is 289 g/mol. The molecular weight excluding hydrogens is 277 g/mol. The fourth-order valence-electron chi connectivity index (χ4n) is 1.21. The number of hydrogen-bond acceptors (Lipinski definition) is 3. The van der Waals surface area contributed by atoms with Crippen molar-refractivity contribution in [2.24, 2.45) is 0 Å². The van der Waals surface area contributed by atoms with E-state index in [1.165, 1.54) is 0 Å². The Labute approximate surface area is 115 Å². The molecule has 0 heterocycles. The van der Waals surface area contributed by atoms with Crippen LogP contribution in [0.5, 0.6) is 0 Å². The normalized spacial score (nSPS) is 11.2. The summed E-state index contributed by atoms with van der Waals surface area (Å²) in [6.45, 7) is 2.21. The summed E-state index contributed by atoms with van der Waals surface area (Å²) in [4.78, 5) is 11.4. The summed E-state index contributed by atoms with van der Waals surface area (Å²) in [5.41, 5.74) is 0.696. The van der Waals surface area contributed by atoms with E-state index in [0.29, 0.717) is 15.6 Å². The molecule has 0 aliphatic carbocycles. The third-order valence-electron chi connectivity index (χ3n) is 2.01. The molecule has 4 nitrogen and oxygen atoms in total. The number of carbonyl (C=O) groups is 1. The molecule has 1 aromatic rings. The second-order valence-corrected chi connectivity index (χ2v) is 4.21. The van der Waals surface area contributed by atoms with Gasteiger partial charge < -0.3 is 15.2 Å². The maximum absolute atomic E-state index is 11.4. The van der Waals surface area contributed by atoms with Crippen molar-refractivity contribution in [1.29, 1.82) is 0 Å². The van der Waals surface area contributed by atoms with E-state index in [1.807, 2.05) is 0 Å². The average molecular weight is 290 g/mol. The summed E-state index contributed by atoms with van der Waals surface area (Å²) >= 11 is 11.8. The van der Waals surface area contributed by atoms with Crippen molar-refractivity contribution in [3.05, 3.63) is 45.8 Å². The highest BCUT2D eigenvalue weighted by Gasteiger charge is 2.04. The van der Waals surface area contributed by atoms with Gasteiger partial charge in [0.1, 0.15) is 0 Å². The van der Waals surface area contributed by atoms with Crippen LogP contribution in [0.4, 0.5) is 0 Å². The fourth-order valence-corrected chi connectivity index (χ4v) is 1.59. The van der Waals surface area contributed by atoms with Crippen molar-refractivity contribution in [3.8, 4) is 0 Å². The quantitative estimate of drug-likeness (QED) is 0.647. The standard InChI is InChI=1S/C12H13Cl2NO3/c1-2-18-12(17)6-11(16)15-7-8-5-9(13)3-4-10(8)14/h3-6,17H,2,7H2,1H3,(H,15,16)/b12-6+. The van der Waals surface area contributed by atoms with Gasteiger partial charge in [-0.1, -0.05) is 23.2 Å². The lowest BCUT2D eigenvalue weighted by Gasteiger charge is -2.06. The molecule has 0 aromatic heterocycles. The lowest BCUT2D eigenvalue weighted by atomic mass is 10.2. The molecule has 1 aromatic carbocycles. The molecule has 0 atom stereocenters. The van der Waals surface area contributed by atoms with E-state index in [4.69, 9.17) is 33.0 Å². The average Bonchev–Trinajstić information content (AvgIpc) is 2.30. The van der Waals surface area contributed by atoms with Crippen LogP contribution in [0.15, 0.2) is 30.2 Å². The molecule has 1 amide bonds. The predicted molar refractivity (Wildman–Crippen MR) is 70.6 cm³/mol. The first-order valence-electron chi connectivity index (χ1n) is 5.28. The van der Waals surface area contributed by atoms with Gasteiger partial charge in [-0.2, -0.15) is 0 Å². The van der Waals surface area contributed by atoms with E-state index in [9.17, 15) is 4.79 Å². The van der Waals surface area contributed by atoms with Gasteiger partial charge in [-0.15, -0.1) is 0 Å². The van der Waals surface area contributed by atoms with Gasteiger partial charge in [0.15, 0.2) is 0 Å². The SMILES string of the molecule is CCO/C(O)=C/C(=O)NCc1cc(Cl)ccc1Cl. The highest BCUT2D eigenvalue weighted by molar-refractivity contribution is 6.33. The summed E-state index contributed by atoms with van der Waals surface area (Å²) in [6, 6.07) is 4.98. The zero-order chi connectivity index (χ0) is 13.5. The van der Waals surface area contributed by atoms with Gasteiger partial charge in [-0.05, 0) is 30.7 Å². The highest BCUT2D eigenvalue weighted by atomic mass is 35.5. The van der Waals surface area contributed by atoms with Crippen molar-refractivity contribution < 1.29 is 14.6 Å². The molecule has 0 unspecified atom stereocenters. The largest absolute Gasteiger partial charge is 0.481 e. The van der Waals surface area contributed by atoms with Gasteiger partial charge in [0.05, 0.1) is 12.7 Å². The molecule has 0 fully saturated rings. The van der Waals surface area contributed by atoms with Crippen LogP contribution in [0.25, 0.3) is 0 Å². The van der Waals surface area contributed by atoms with Crippen molar-refractivity contribution in [2.45, 2.75) is 13.5 Å². The molecule has 0 aliphatic rings. The van der Waals surface area contributed by atoms with Crippen LogP contribution in [0.1, 0.15) is 12.5 Å². The van der Waals surface area contributed by atoms with Crippen LogP contribution in [-0.4, -0.2) is 17.6 Å².